The van der Waals surface area contributed by atoms with E-state index in [1.165, 1.54) is 0 Å². The highest BCUT2D eigenvalue weighted by atomic mass is 32.1. The topological polar surface area (TPSA) is 35.2 Å². The van der Waals surface area contributed by atoms with Crippen LogP contribution in [-0.2, 0) is 0 Å². The van der Waals surface area contributed by atoms with Crippen molar-refractivity contribution < 1.29 is 9.13 Å². The summed E-state index contributed by atoms with van der Waals surface area (Å²) >= 11 is 1.04. The molecule has 0 fully saturated rings. The molecule has 0 aliphatic heterocycles. The first-order chi connectivity index (χ1) is 6.24. The van der Waals surface area contributed by atoms with Crippen LogP contribution >= 0.6 is 11.3 Å². The molecule has 68 valence electrons. The highest BCUT2D eigenvalue weighted by Gasteiger charge is 2.12. The van der Waals surface area contributed by atoms with Crippen molar-refractivity contribution in [3.63, 3.8) is 0 Å². The lowest BCUT2D eigenvalue weighted by Crippen LogP contribution is -1.88. The van der Waals surface area contributed by atoms with Crippen molar-refractivity contribution in [3.8, 4) is 5.75 Å². The van der Waals surface area contributed by atoms with Gasteiger partial charge < -0.3 is 10.5 Å². The lowest BCUT2D eigenvalue weighted by Gasteiger charge is -2.01. The molecule has 0 spiro atoms. The molecule has 0 radical (unpaired) electrons. The fourth-order valence-corrected chi connectivity index (χ4v) is 2.15. The first-order valence-electron chi connectivity index (χ1n) is 3.74. The largest absolute Gasteiger partial charge is 0.496 e. The summed E-state index contributed by atoms with van der Waals surface area (Å²) in [5.41, 5.74) is 5.75. The molecule has 0 saturated heterocycles. The summed E-state index contributed by atoms with van der Waals surface area (Å²) in [7, 11) is 1.55. The van der Waals surface area contributed by atoms with Crippen LogP contribution in [0.25, 0.3) is 10.1 Å². The molecule has 1 aromatic heterocycles. The van der Waals surface area contributed by atoms with Gasteiger partial charge in [0, 0.05) is 4.70 Å². The highest BCUT2D eigenvalue weighted by Crippen LogP contribution is 2.37. The summed E-state index contributed by atoms with van der Waals surface area (Å²) in [5.74, 6) is 0.621. The number of ether oxygens (including phenoxy) is 1. The van der Waals surface area contributed by atoms with Gasteiger partial charge >= 0.3 is 0 Å². The van der Waals surface area contributed by atoms with Gasteiger partial charge in [0.2, 0.25) is 5.13 Å². The number of anilines is 1. The quantitative estimate of drug-likeness (QED) is 0.762. The van der Waals surface area contributed by atoms with Crippen molar-refractivity contribution in [1.29, 1.82) is 0 Å². The van der Waals surface area contributed by atoms with E-state index >= 15 is 0 Å². The monoisotopic (exact) mass is 197 g/mol. The van der Waals surface area contributed by atoms with Crippen LogP contribution in [0, 0.1) is 5.13 Å². The lowest BCUT2D eigenvalue weighted by atomic mass is 10.2. The predicted octanol–water partition coefficient (Wildman–Crippen LogP) is 2.63. The molecule has 0 bridgehead atoms. The molecule has 2 rings (SSSR count). The van der Waals surface area contributed by atoms with Crippen LogP contribution in [0.1, 0.15) is 0 Å². The Kier molecular flexibility index (Phi) is 1.84. The molecule has 0 saturated carbocycles. The van der Waals surface area contributed by atoms with E-state index in [4.69, 9.17) is 10.5 Å². The summed E-state index contributed by atoms with van der Waals surface area (Å²) in [6.07, 6.45) is 0. The third-order valence-corrected chi connectivity index (χ3v) is 2.85. The second-order valence-corrected chi connectivity index (χ2v) is 3.63. The van der Waals surface area contributed by atoms with Gasteiger partial charge in [-0.25, -0.2) is 0 Å². The molecule has 2 N–H and O–H groups in total. The van der Waals surface area contributed by atoms with Crippen LogP contribution in [0.2, 0.25) is 0 Å². The van der Waals surface area contributed by atoms with E-state index in [2.05, 4.69) is 0 Å². The Hall–Kier alpha value is -1.29. The zero-order chi connectivity index (χ0) is 9.42. The van der Waals surface area contributed by atoms with Crippen molar-refractivity contribution in [3.05, 3.63) is 23.3 Å². The number of methoxy groups -OCH3 is 1. The molecule has 0 aliphatic rings. The van der Waals surface area contributed by atoms with Gasteiger partial charge in [0.15, 0.2) is 0 Å². The number of benzene rings is 1. The summed E-state index contributed by atoms with van der Waals surface area (Å²) in [6, 6.07) is 5.41. The second-order valence-electron chi connectivity index (χ2n) is 2.62. The number of hydrogen-bond acceptors (Lipinski definition) is 3. The minimum absolute atomic E-state index is 0.178. The molecule has 0 atom stereocenters. The maximum Gasteiger partial charge on any atom is 0.200 e. The van der Waals surface area contributed by atoms with Gasteiger partial charge in [-0.2, -0.15) is 4.39 Å². The summed E-state index contributed by atoms with van der Waals surface area (Å²) in [5, 5.41) is 0.326. The van der Waals surface area contributed by atoms with Gasteiger partial charge in [-0.15, -0.1) is 11.3 Å². The summed E-state index contributed by atoms with van der Waals surface area (Å²) < 4.78 is 19.0. The van der Waals surface area contributed by atoms with Crippen molar-refractivity contribution in [2.24, 2.45) is 0 Å². The van der Waals surface area contributed by atoms with Gasteiger partial charge in [0.25, 0.3) is 0 Å². The van der Waals surface area contributed by atoms with Crippen LogP contribution in [-0.4, -0.2) is 7.11 Å². The van der Waals surface area contributed by atoms with Gasteiger partial charge in [-0.1, -0.05) is 6.07 Å². The van der Waals surface area contributed by atoms with Crippen molar-refractivity contribution in [2.45, 2.75) is 0 Å². The number of thiophene rings is 1. The SMILES string of the molecule is COc1cccc2sc(F)c(N)c12. The van der Waals surface area contributed by atoms with Gasteiger partial charge in [0.05, 0.1) is 18.2 Å². The van der Waals surface area contributed by atoms with Crippen LogP contribution < -0.4 is 10.5 Å². The van der Waals surface area contributed by atoms with Crippen LogP contribution in [0.3, 0.4) is 0 Å². The Labute approximate surface area is 78.7 Å². The van der Waals surface area contributed by atoms with Gasteiger partial charge in [-0.3, -0.25) is 0 Å². The second kappa shape index (κ2) is 2.88. The van der Waals surface area contributed by atoms with E-state index in [-0.39, 0.29) is 10.8 Å². The Balaban J connectivity index is 2.87. The standard InChI is InChI=1S/C9H8FNOS/c1-12-5-3-2-4-6-7(5)8(11)9(10)13-6/h2-4H,11H2,1H3. The number of fused-ring (bicyclic) bond motifs is 1. The van der Waals surface area contributed by atoms with Crippen LogP contribution in [0.4, 0.5) is 10.1 Å². The van der Waals surface area contributed by atoms with Crippen molar-refractivity contribution in [1.82, 2.24) is 0 Å². The molecule has 13 heavy (non-hydrogen) atoms. The first-order valence-corrected chi connectivity index (χ1v) is 4.56. The summed E-state index contributed by atoms with van der Waals surface area (Å²) in [4.78, 5) is 0. The minimum atomic E-state index is -0.348. The van der Waals surface area contributed by atoms with E-state index in [0.717, 1.165) is 16.0 Å². The number of nitrogen functional groups attached to an aromatic ring is 1. The fourth-order valence-electron chi connectivity index (χ4n) is 1.28. The molecule has 2 aromatic rings. The number of hydrogen-bond donors (Lipinski definition) is 1. The maximum absolute atomic E-state index is 13.1. The Morgan fingerprint density at radius 3 is 2.92 bits per heavy atom. The molecule has 1 aromatic carbocycles. The average Bonchev–Trinajstić information content (AvgIpc) is 2.43. The third-order valence-electron chi connectivity index (χ3n) is 1.89. The molecule has 0 amide bonds. The third kappa shape index (κ3) is 1.14. The summed E-state index contributed by atoms with van der Waals surface area (Å²) in [6.45, 7) is 0. The Morgan fingerprint density at radius 2 is 2.23 bits per heavy atom. The average molecular weight is 197 g/mol. The van der Waals surface area contributed by atoms with E-state index in [1.807, 2.05) is 12.1 Å². The molecule has 2 nitrogen and oxygen atoms in total. The van der Waals surface area contributed by atoms with Gasteiger partial charge in [0.1, 0.15) is 5.75 Å². The van der Waals surface area contributed by atoms with E-state index in [0.29, 0.717) is 11.1 Å². The Morgan fingerprint density at radius 1 is 1.46 bits per heavy atom. The molecular formula is C9H8FNOS. The molecule has 1 heterocycles. The smallest absolute Gasteiger partial charge is 0.200 e. The normalized spacial score (nSPS) is 10.6. The van der Waals surface area contributed by atoms with Crippen molar-refractivity contribution in [2.75, 3.05) is 12.8 Å². The molecule has 0 unspecified atom stereocenters. The molecule has 0 aliphatic carbocycles. The lowest BCUT2D eigenvalue weighted by molar-refractivity contribution is 0.420. The number of nitrogens with two attached hydrogens (primary N) is 1. The zero-order valence-electron chi connectivity index (χ0n) is 7.00. The number of rotatable bonds is 1. The predicted molar refractivity (Wildman–Crippen MR) is 52.7 cm³/mol. The number of halogens is 1. The van der Waals surface area contributed by atoms with E-state index < -0.39 is 0 Å². The fraction of sp³-hybridized carbons (Fsp3) is 0.111. The van der Waals surface area contributed by atoms with Gasteiger partial charge in [-0.05, 0) is 12.1 Å². The first kappa shape index (κ1) is 8.31. The molecular weight excluding hydrogens is 189 g/mol. The zero-order valence-corrected chi connectivity index (χ0v) is 7.82. The maximum atomic E-state index is 13.1. The Bertz CT molecular complexity index is 452. The highest BCUT2D eigenvalue weighted by molar-refractivity contribution is 7.18. The van der Waals surface area contributed by atoms with Crippen LogP contribution in [0.5, 0.6) is 5.75 Å². The van der Waals surface area contributed by atoms with E-state index in [9.17, 15) is 4.39 Å². The van der Waals surface area contributed by atoms with Crippen LogP contribution in [0.15, 0.2) is 18.2 Å². The van der Waals surface area contributed by atoms with E-state index in [1.54, 1.807) is 13.2 Å². The van der Waals surface area contributed by atoms with Crippen molar-refractivity contribution >= 4 is 27.1 Å². The molecule has 4 heteroatoms. The minimum Gasteiger partial charge on any atom is -0.496 e.